The second kappa shape index (κ2) is 22.6. The van der Waals surface area contributed by atoms with Crippen molar-refractivity contribution in [3.63, 3.8) is 0 Å². The van der Waals surface area contributed by atoms with E-state index in [1.807, 2.05) is 125 Å². The smallest absolute Gasteiger partial charge is 0.236 e. The molecule has 6 aliphatic rings. The summed E-state index contributed by atoms with van der Waals surface area (Å²) >= 11 is 0. The molecule has 438 valence electrons. The van der Waals surface area contributed by atoms with Crippen LogP contribution in [0.4, 0.5) is 0 Å². The quantitative estimate of drug-likeness (QED) is 0.0365. The van der Waals surface area contributed by atoms with E-state index in [1.54, 1.807) is 0 Å². The lowest BCUT2D eigenvalue weighted by molar-refractivity contribution is -0.147. The number of phenolic OH excluding ortho intramolecular Hbond substituents is 2. The monoisotopic (exact) mass is 1120 g/mol. The third-order valence-electron chi connectivity index (χ3n) is 18.4. The topological polar surface area (TPSA) is 211 Å². The fraction of sp³-hybridized carbons (Fsp3) is 0.515. The zero-order valence-electron chi connectivity index (χ0n) is 48.8. The number of phenols is 2. The van der Waals surface area contributed by atoms with Crippen LogP contribution in [-0.2, 0) is 43.5 Å². The largest absolute Gasteiger partial charge is 0.507 e. The SMILES string of the molecule is COCC(O)COc1ccc(C(C)(C)c2ccc(OCC(O)COCC34C=CC(O3)C3C(=O)N(CCC(C)(C)CC(C)CCN5C(=O)C6C7C=CC(C(c8cc(C)c(O)c(C)c8)c8cc(C)c(O)c(C)c8)(O7)C6C5=O)C(=O)C34)cc2)cc1. The van der Waals surface area contributed by atoms with Gasteiger partial charge in [-0.05, 0) is 127 Å². The van der Waals surface area contributed by atoms with Gasteiger partial charge in [-0.2, -0.15) is 0 Å². The highest BCUT2D eigenvalue weighted by Crippen LogP contribution is 2.60. The number of benzene rings is 4. The summed E-state index contributed by atoms with van der Waals surface area (Å²) in [7, 11) is 1.53. The third kappa shape index (κ3) is 10.8. The van der Waals surface area contributed by atoms with Gasteiger partial charge < -0.3 is 48.8 Å². The number of hydrogen-bond donors (Lipinski definition) is 4. The summed E-state index contributed by atoms with van der Waals surface area (Å²) in [5.41, 5.74) is 3.56. The van der Waals surface area contributed by atoms with E-state index in [2.05, 4.69) is 34.6 Å². The standard InChI is InChI=1S/C66H80N2O14/c1-37(21-25-67-60(74)53-51-20-23-66(82-51,56(53)62(67)76)54(42-27-38(2)57(71)39(3)28-42)43-29-40(4)58(72)41(5)30-43)31-63(6,7)24-26-68-59(73)52-50-19-22-65(81-50,55(52)61(68)75)36-78-33-47(70)35-80-49-17-13-45(14-18-49)64(8,9)44-11-15-48(16-12-44)79-34-46(69)32-77-10/h11-20,22-23,27-30,37,46-47,50-56,69-72H,21,24-26,31-36H2,1-10H3. The molecule has 0 radical (unpaired) electrons. The molecule has 16 heteroatoms. The number of imide groups is 2. The molecule has 0 aliphatic carbocycles. The minimum atomic E-state index is -1.19. The highest BCUT2D eigenvalue weighted by Gasteiger charge is 2.70. The summed E-state index contributed by atoms with van der Waals surface area (Å²) in [4.78, 5) is 60.2. The average molecular weight is 1130 g/mol. The van der Waals surface area contributed by atoms with Crippen LogP contribution >= 0.6 is 0 Å². The zero-order valence-corrected chi connectivity index (χ0v) is 48.8. The number of aryl methyl sites for hydroxylation is 4. The van der Waals surface area contributed by atoms with Crippen molar-refractivity contribution in [2.75, 3.05) is 53.2 Å². The summed E-state index contributed by atoms with van der Waals surface area (Å²) in [5, 5.41) is 42.4. The Morgan fingerprint density at radius 2 is 1.10 bits per heavy atom. The molecule has 16 nitrogen and oxygen atoms in total. The molecule has 4 bridgehead atoms. The lowest BCUT2D eigenvalue weighted by Gasteiger charge is -2.38. The molecule has 0 spiro atoms. The van der Waals surface area contributed by atoms with Crippen molar-refractivity contribution in [2.45, 2.75) is 129 Å². The van der Waals surface area contributed by atoms with Crippen molar-refractivity contribution in [3.05, 3.63) is 142 Å². The van der Waals surface area contributed by atoms with E-state index in [4.69, 9.17) is 28.4 Å². The van der Waals surface area contributed by atoms with Crippen molar-refractivity contribution in [1.82, 2.24) is 9.80 Å². The molecular weight excluding hydrogens is 1040 g/mol. The predicted molar refractivity (Wildman–Crippen MR) is 305 cm³/mol. The molecule has 4 amide bonds. The van der Waals surface area contributed by atoms with Crippen LogP contribution in [0.15, 0.2) is 97.1 Å². The van der Waals surface area contributed by atoms with Crippen molar-refractivity contribution in [2.24, 2.45) is 35.0 Å². The van der Waals surface area contributed by atoms with E-state index in [-0.39, 0.29) is 98.0 Å². The molecule has 0 aromatic heterocycles. The molecule has 4 saturated heterocycles. The van der Waals surface area contributed by atoms with Crippen LogP contribution in [0.25, 0.3) is 0 Å². The summed E-state index contributed by atoms with van der Waals surface area (Å²) in [6.07, 6.45) is 6.52. The number of carbonyl (C=O) groups excluding carboxylic acids is 4. The van der Waals surface area contributed by atoms with E-state index in [9.17, 15) is 39.6 Å². The minimum absolute atomic E-state index is 0.0222. The Bertz CT molecular complexity index is 3050. The fourth-order valence-electron chi connectivity index (χ4n) is 14.1. The lowest BCUT2D eigenvalue weighted by Crippen LogP contribution is -2.45. The van der Waals surface area contributed by atoms with Gasteiger partial charge in [0.15, 0.2) is 0 Å². The maximum absolute atomic E-state index is 14.8. The minimum Gasteiger partial charge on any atom is -0.507 e. The van der Waals surface area contributed by atoms with Crippen LogP contribution in [0, 0.1) is 62.7 Å². The maximum Gasteiger partial charge on any atom is 0.236 e. The van der Waals surface area contributed by atoms with Crippen LogP contribution in [0.3, 0.4) is 0 Å². The van der Waals surface area contributed by atoms with Crippen molar-refractivity contribution in [1.29, 1.82) is 0 Å². The van der Waals surface area contributed by atoms with Gasteiger partial charge in [0.1, 0.15) is 59.6 Å². The van der Waals surface area contributed by atoms with Crippen LogP contribution in [-0.4, -0.2) is 143 Å². The van der Waals surface area contributed by atoms with E-state index >= 15 is 0 Å². The fourth-order valence-corrected chi connectivity index (χ4v) is 14.1. The number of likely N-dealkylation sites (tertiary alicyclic amines) is 2. The average Bonchev–Trinajstić information content (AvgIpc) is 1.67. The number of ether oxygens (including phenoxy) is 6. The predicted octanol–water partition coefficient (Wildman–Crippen LogP) is 8.08. The van der Waals surface area contributed by atoms with E-state index in [0.29, 0.717) is 53.0 Å². The second-order valence-corrected chi connectivity index (χ2v) is 25.4. The van der Waals surface area contributed by atoms with Crippen molar-refractivity contribution >= 4 is 23.6 Å². The Balaban J connectivity index is 0.702. The number of rotatable bonds is 25. The van der Waals surface area contributed by atoms with Gasteiger partial charge in [-0.25, -0.2) is 0 Å². The Kier molecular flexibility index (Phi) is 16.2. The second-order valence-electron chi connectivity index (χ2n) is 25.4. The zero-order chi connectivity index (χ0) is 58.8. The number of fused-ring (bicyclic) bond motifs is 10. The number of amides is 4. The number of aliphatic hydroxyl groups excluding tert-OH is 2. The summed E-state index contributed by atoms with van der Waals surface area (Å²) in [6, 6.07) is 23.2. The number of methoxy groups -OCH3 is 1. The van der Waals surface area contributed by atoms with Crippen LogP contribution in [0.1, 0.15) is 104 Å². The molecule has 82 heavy (non-hydrogen) atoms. The van der Waals surface area contributed by atoms with Gasteiger partial charge in [0.2, 0.25) is 23.6 Å². The van der Waals surface area contributed by atoms with Gasteiger partial charge in [0.05, 0.1) is 55.7 Å². The van der Waals surface area contributed by atoms with Gasteiger partial charge in [0.25, 0.3) is 0 Å². The first-order chi connectivity index (χ1) is 38.9. The van der Waals surface area contributed by atoms with E-state index in [1.165, 1.54) is 16.9 Å². The number of hydrogen-bond acceptors (Lipinski definition) is 14. The highest BCUT2D eigenvalue weighted by molar-refractivity contribution is 6.08. The Labute approximate surface area is 481 Å². The molecule has 4 fully saturated rings. The number of carbonyl (C=O) groups is 4. The van der Waals surface area contributed by atoms with E-state index in [0.717, 1.165) is 22.3 Å². The Morgan fingerprint density at radius 3 is 1.63 bits per heavy atom. The summed E-state index contributed by atoms with van der Waals surface area (Å²) in [6.45, 7) is 18.6. The molecule has 6 heterocycles. The van der Waals surface area contributed by atoms with Gasteiger partial charge >= 0.3 is 0 Å². The molecule has 11 unspecified atom stereocenters. The Hall–Kier alpha value is -6.40. The van der Waals surface area contributed by atoms with Crippen LogP contribution in [0.2, 0.25) is 0 Å². The molecule has 10 rings (SSSR count). The molecule has 6 aliphatic heterocycles. The van der Waals surface area contributed by atoms with Crippen LogP contribution < -0.4 is 9.47 Å². The number of aliphatic hydroxyl groups is 2. The first kappa shape index (κ1) is 58.8. The van der Waals surface area contributed by atoms with Gasteiger partial charge in [-0.3, -0.25) is 29.0 Å². The number of aromatic hydroxyl groups is 2. The third-order valence-corrected chi connectivity index (χ3v) is 18.4. The van der Waals surface area contributed by atoms with E-state index < -0.39 is 65.2 Å². The van der Waals surface area contributed by atoms with Crippen molar-refractivity contribution in [3.8, 4) is 23.0 Å². The van der Waals surface area contributed by atoms with Gasteiger partial charge in [-0.1, -0.05) is 107 Å². The van der Waals surface area contributed by atoms with Crippen molar-refractivity contribution < 1.29 is 68.0 Å². The van der Waals surface area contributed by atoms with Gasteiger partial charge in [0, 0.05) is 31.5 Å². The molecule has 11 atom stereocenters. The molecule has 4 aromatic rings. The van der Waals surface area contributed by atoms with Gasteiger partial charge in [-0.15, -0.1) is 0 Å². The summed E-state index contributed by atoms with van der Waals surface area (Å²) < 4.78 is 35.8. The summed E-state index contributed by atoms with van der Waals surface area (Å²) in [5.74, 6) is -2.75. The lowest BCUT2D eigenvalue weighted by atomic mass is 9.66. The highest BCUT2D eigenvalue weighted by atomic mass is 16.6. The molecule has 0 saturated carbocycles. The first-order valence-corrected chi connectivity index (χ1v) is 28.8. The normalized spacial score (nSPS) is 26.4. The van der Waals surface area contributed by atoms with Crippen LogP contribution in [0.5, 0.6) is 23.0 Å². The maximum atomic E-state index is 14.8. The molecule has 4 N–H and O–H groups in total. The number of nitrogens with zero attached hydrogens (tertiary/aromatic N) is 2. The molecule has 4 aromatic carbocycles. The first-order valence-electron chi connectivity index (χ1n) is 28.8. The molecular formula is C66H80N2O14. The Morgan fingerprint density at radius 1 is 0.622 bits per heavy atom.